The SMILES string of the molecule is CN(C)c1ccc(Cl)cc1NCc1ccc(F)cc1. The first-order valence-electron chi connectivity index (χ1n) is 6.01. The van der Waals surface area contributed by atoms with Gasteiger partial charge in [-0.15, -0.1) is 0 Å². The van der Waals surface area contributed by atoms with Crippen molar-refractivity contribution in [2.24, 2.45) is 0 Å². The molecule has 0 amide bonds. The molecule has 0 fully saturated rings. The molecule has 19 heavy (non-hydrogen) atoms. The second kappa shape index (κ2) is 5.93. The molecule has 0 saturated carbocycles. The minimum absolute atomic E-state index is 0.222. The third-order valence-electron chi connectivity index (χ3n) is 2.84. The second-order valence-corrected chi connectivity index (χ2v) is 4.97. The van der Waals surface area contributed by atoms with Crippen molar-refractivity contribution < 1.29 is 4.39 Å². The van der Waals surface area contributed by atoms with Crippen molar-refractivity contribution >= 4 is 23.0 Å². The summed E-state index contributed by atoms with van der Waals surface area (Å²) < 4.78 is 12.8. The van der Waals surface area contributed by atoms with Gasteiger partial charge in [0.05, 0.1) is 11.4 Å². The van der Waals surface area contributed by atoms with Crippen molar-refractivity contribution in [3.8, 4) is 0 Å². The monoisotopic (exact) mass is 278 g/mol. The molecule has 2 rings (SSSR count). The van der Waals surface area contributed by atoms with Crippen molar-refractivity contribution in [1.82, 2.24) is 0 Å². The van der Waals surface area contributed by atoms with Crippen LogP contribution in [0.15, 0.2) is 42.5 Å². The van der Waals surface area contributed by atoms with Crippen LogP contribution in [0.2, 0.25) is 5.02 Å². The highest BCUT2D eigenvalue weighted by atomic mass is 35.5. The molecule has 0 heterocycles. The van der Waals surface area contributed by atoms with Crippen molar-refractivity contribution in [2.75, 3.05) is 24.3 Å². The topological polar surface area (TPSA) is 15.3 Å². The smallest absolute Gasteiger partial charge is 0.123 e. The molecule has 0 saturated heterocycles. The molecule has 2 aromatic rings. The number of nitrogens with zero attached hydrogens (tertiary/aromatic N) is 1. The van der Waals surface area contributed by atoms with Crippen LogP contribution in [-0.2, 0) is 6.54 Å². The van der Waals surface area contributed by atoms with Crippen LogP contribution in [0, 0.1) is 5.82 Å². The zero-order valence-corrected chi connectivity index (χ0v) is 11.7. The Kier molecular flexibility index (Phi) is 4.27. The summed E-state index contributed by atoms with van der Waals surface area (Å²) in [6.07, 6.45) is 0. The van der Waals surface area contributed by atoms with E-state index >= 15 is 0 Å². The molecule has 0 aliphatic rings. The van der Waals surface area contributed by atoms with E-state index in [1.807, 2.05) is 37.2 Å². The van der Waals surface area contributed by atoms with Crippen LogP contribution in [-0.4, -0.2) is 14.1 Å². The molecule has 0 aliphatic carbocycles. The lowest BCUT2D eigenvalue weighted by Crippen LogP contribution is -2.12. The molecule has 0 unspecified atom stereocenters. The van der Waals surface area contributed by atoms with Gasteiger partial charge in [-0.25, -0.2) is 4.39 Å². The maximum absolute atomic E-state index is 12.8. The van der Waals surface area contributed by atoms with E-state index in [0.29, 0.717) is 11.6 Å². The van der Waals surface area contributed by atoms with Crippen LogP contribution in [0.1, 0.15) is 5.56 Å². The third kappa shape index (κ3) is 3.61. The molecular weight excluding hydrogens is 263 g/mol. The fourth-order valence-corrected chi connectivity index (χ4v) is 2.01. The second-order valence-electron chi connectivity index (χ2n) is 4.54. The Morgan fingerprint density at radius 1 is 1.11 bits per heavy atom. The molecule has 2 nitrogen and oxygen atoms in total. The van der Waals surface area contributed by atoms with E-state index in [2.05, 4.69) is 5.32 Å². The van der Waals surface area contributed by atoms with Crippen molar-refractivity contribution in [3.05, 3.63) is 58.9 Å². The van der Waals surface area contributed by atoms with Crippen molar-refractivity contribution in [3.63, 3.8) is 0 Å². The van der Waals surface area contributed by atoms with Gasteiger partial charge in [0.2, 0.25) is 0 Å². The normalized spacial score (nSPS) is 10.3. The zero-order valence-electron chi connectivity index (χ0n) is 11.0. The van der Waals surface area contributed by atoms with E-state index in [0.717, 1.165) is 16.9 Å². The lowest BCUT2D eigenvalue weighted by atomic mass is 10.2. The van der Waals surface area contributed by atoms with Gasteiger partial charge in [-0.2, -0.15) is 0 Å². The van der Waals surface area contributed by atoms with Crippen LogP contribution < -0.4 is 10.2 Å². The molecule has 2 aromatic carbocycles. The van der Waals surface area contributed by atoms with Crippen molar-refractivity contribution in [1.29, 1.82) is 0 Å². The predicted molar refractivity (Wildman–Crippen MR) is 79.5 cm³/mol. The van der Waals surface area contributed by atoms with E-state index in [4.69, 9.17) is 11.6 Å². The highest BCUT2D eigenvalue weighted by molar-refractivity contribution is 6.31. The predicted octanol–water partition coefficient (Wildman–Crippen LogP) is 4.16. The lowest BCUT2D eigenvalue weighted by molar-refractivity contribution is 0.627. The fraction of sp³-hybridized carbons (Fsp3) is 0.200. The van der Waals surface area contributed by atoms with Gasteiger partial charge < -0.3 is 10.2 Å². The van der Waals surface area contributed by atoms with Crippen LogP contribution in [0.3, 0.4) is 0 Å². The molecule has 0 bridgehead atoms. The highest BCUT2D eigenvalue weighted by Gasteiger charge is 2.05. The molecule has 0 aromatic heterocycles. The zero-order chi connectivity index (χ0) is 13.8. The molecule has 0 aliphatic heterocycles. The molecule has 100 valence electrons. The number of hydrogen-bond donors (Lipinski definition) is 1. The summed E-state index contributed by atoms with van der Waals surface area (Å²) in [6, 6.07) is 12.2. The molecule has 0 atom stereocenters. The van der Waals surface area contributed by atoms with E-state index in [9.17, 15) is 4.39 Å². The van der Waals surface area contributed by atoms with E-state index < -0.39 is 0 Å². The Balaban J connectivity index is 2.14. The Labute approximate surface area is 117 Å². The van der Waals surface area contributed by atoms with Gasteiger partial charge in [0.1, 0.15) is 5.82 Å². The highest BCUT2D eigenvalue weighted by Crippen LogP contribution is 2.28. The lowest BCUT2D eigenvalue weighted by Gasteiger charge is -2.19. The van der Waals surface area contributed by atoms with Crippen LogP contribution in [0.25, 0.3) is 0 Å². The molecule has 4 heteroatoms. The number of halogens is 2. The van der Waals surface area contributed by atoms with Crippen LogP contribution in [0.4, 0.5) is 15.8 Å². The minimum atomic E-state index is -0.222. The van der Waals surface area contributed by atoms with Gasteiger partial charge in [0.25, 0.3) is 0 Å². The number of nitrogens with one attached hydrogen (secondary N) is 1. The first-order chi connectivity index (χ1) is 9.06. The third-order valence-corrected chi connectivity index (χ3v) is 3.07. The fourth-order valence-electron chi connectivity index (χ4n) is 1.84. The van der Waals surface area contributed by atoms with E-state index in [1.165, 1.54) is 12.1 Å². The van der Waals surface area contributed by atoms with E-state index in [1.54, 1.807) is 12.1 Å². The summed E-state index contributed by atoms with van der Waals surface area (Å²) >= 11 is 6.02. The Hall–Kier alpha value is -1.74. The average molecular weight is 279 g/mol. The Bertz CT molecular complexity index is 553. The number of benzene rings is 2. The average Bonchev–Trinajstić information content (AvgIpc) is 2.38. The maximum Gasteiger partial charge on any atom is 0.123 e. The first-order valence-corrected chi connectivity index (χ1v) is 6.39. The van der Waals surface area contributed by atoms with Gasteiger partial charge in [-0.3, -0.25) is 0 Å². The number of rotatable bonds is 4. The maximum atomic E-state index is 12.8. The largest absolute Gasteiger partial charge is 0.379 e. The summed E-state index contributed by atoms with van der Waals surface area (Å²) in [5.41, 5.74) is 3.04. The Morgan fingerprint density at radius 3 is 2.42 bits per heavy atom. The quantitative estimate of drug-likeness (QED) is 0.903. The number of hydrogen-bond acceptors (Lipinski definition) is 2. The Morgan fingerprint density at radius 2 is 1.79 bits per heavy atom. The standard InChI is InChI=1S/C15H16ClFN2/c1-19(2)15-8-5-12(16)9-14(15)18-10-11-3-6-13(17)7-4-11/h3-9,18H,10H2,1-2H3. The molecule has 0 spiro atoms. The molecule has 0 radical (unpaired) electrons. The van der Waals surface area contributed by atoms with Gasteiger partial charge >= 0.3 is 0 Å². The van der Waals surface area contributed by atoms with Crippen LogP contribution in [0.5, 0.6) is 0 Å². The van der Waals surface area contributed by atoms with Gasteiger partial charge in [-0.1, -0.05) is 23.7 Å². The molecule has 1 N–H and O–H groups in total. The summed E-state index contributed by atoms with van der Waals surface area (Å²) in [7, 11) is 3.96. The first kappa shape index (κ1) is 13.7. The molecular formula is C15H16ClFN2. The summed E-state index contributed by atoms with van der Waals surface area (Å²) in [6.45, 7) is 0.626. The number of anilines is 2. The summed E-state index contributed by atoms with van der Waals surface area (Å²) in [4.78, 5) is 2.02. The van der Waals surface area contributed by atoms with Crippen molar-refractivity contribution in [2.45, 2.75) is 6.54 Å². The van der Waals surface area contributed by atoms with Gasteiger partial charge in [-0.05, 0) is 35.9 Å². The minimum Gasteiger partial charge on any atom is -0.379 e. The van der Waals surface area contributed by atoms with E-state index in [-0.39, 0.29) is 5.82 Å². The summed E-state index contributed by atoms with van der Waals surface area (Å²) in [5.74, 6) is -0.222. The van der Waals surface area contributed by atoms with Crippen LogP contribution >= 0.6 is 11.6 Å². The van der Waals surface area contributed by atoms with Gasteiger partial charge in [0.15, 0.2) is 0 Å². The summed E-state index contributed by atoms with van der Waals surface area (Å²) in [5, 5.41) is 4.01. The van der Waals surface area contributed by atoms with Gasteiger partial charge in [0, 0.05) is 25.7 Å².